The third-order valence-electron chi connectivity index (χ3n) is 4.08. The van der Waals surface area contributed by atoms with Crippen molar-refractivity contribution in [3.63, 3.8) is 0 Å². The zero-order chi connectivity index (χ0) is 20.1. The van der Waals surface area contributed by atoms with E-state index >= 15 is 0 Å². The fraction of sp³-hybridized carbons (Fsp3) is 0.190. The van der Waals surface area contributed by atoms with Gasteiger partial charge < -0.3 is 10.6 Å². The fourth-order valence-electron chi connectivity index (χ4n) is 2.69. The van der Waals surface area contributed by atoms with Crippen LogP contribution in [0.2, 0.25) is 5.02 Å². The van der Waals surface area contributed by atoms with Gasteiger partial charge in [-0.3, -0.25) is 9.59 Å². The van der Waals surface area contributed by atoms with E-state index < -0.39 is 0 Å². The van der Waals surface area contributed by atoms with E-state index in [1.807, 2.05) is 56.3 Å². The molecule has 0 fully saturated rings. The van der Waals surface area contributed by atoms with E-state index in [9.17, 15) is 9.59 Å². The number of amides is 2. The van der Waals surface area contributed by atoms with E-state index in [4.69, 9.17) is 11.6 Å². The highest BCUT2D eigenvalue weighted by molar-refractivity contribution is 7.16. The van der Waals surface area contributed by atoms with Gasteiger partial charge in [-0.15, -0.1) is 11.3 Å². The summed E-state index contributed by atoms with van der Waals surface area (Å²) in [5.41, 5.74) is 3.37. The monoisotopic (exact) mass is 413 g/mol. The fourth-order valence-corrected chi connectivity index (χ4v) is 3.66. The summed E-state index contributed by atoms with van der Waals surface area (Å²) in [6, 6.07) is 14.7. The second-order valence-corrected chi connectivity index (χ2v) is 7.99. The van der Waals surface area contributed by atoms with Gasteiger partial charge in [-0.05, 0) is 38.1 Å². The van der Waals surface area contributed by atoms with Gasteiger partial charge in [-0.25, -0.2) is 4.98 Å². The Bertz CT molecular complexity index is 999. The number of hydrogen-bond donors (Lipinski definition) is 2. The number of nitrogens with one attached hydrogen (secondary N) is 2. The lowest BCUT2D eigenvalue weighted by molar-refractivity contribution is -0.116. The van der Waals surface area contributed by atoms with Crippen LogP contribution in [0.25, 0.3) is 11.3 Å². The number of benzene rings is 2. The molecule has 1 aromatic heterocycles. The van der Waals surface area contributed by atoms with E-state index in [0.717, 1.165) is 21.7 Å². The van der Waals surface area contributed by atoms with Gasteiger partial charge in [0.05, 0.1) is 5.69 Å². The molecule has 2 aromatic carbocycles. The molecular formula is C21H20ClN3O2S. The van der Waals surface area contributed by atoms with Crippen molar-refractivity contribution < 1.29 is 9.59 Å². The van der Waals surface area contributed by atoms with Crippen molar-refractivity contribution in [2.24, 2.45) is 0 Å². The molecule has 7 heteroatoms. The first kappa shape index (κ1) is 20.0. The molecular weight excluding hydrogens is 394 g/mol. The number of thiazole rings is 1. The number of anilines is 1. The Balaban J connectivity index is 1.53. The van der Waals surface area contributed by atoms with Gasteiger partial charge >= 0.3 is 0 Å². The predicted octanol–water partition coefficient (Wildman–Crippen LogP) is 4.84. The standard InChI is InChI=1S/C21H20ClN3O2S/c1-13-4-3-5-16(12-13)20(27)23-11-10-18(26)24-21-25-19(14(2)28-21)15-6-8-17(22)9-7-15/h3-9,12H,10-11H2,1-2H3,(H,23,27)(H,24,25,26). The van der Waals surface area contributed by atoms with Crippen molar-refractivity contribution in [2.45, 2.75) is 20.3 Å². The van der Waals surface area contributed by atoms with Crippen molar-refractivity contribution in [2.75, 3.05) is 11.9 Å². The molecule has 0 saturated carbocycles. The molecule has 28 heavy (non-hydrogen) atoms. The van der Waals surface area contributed by atoms with Gasteiger partial charge in [0.15, 0.2) is 5.13 Å². The third-order valence-corrected chi connectivity index (χ3v) is 5.22. The molecule has 0 aliphatic heterocycles. The van der Waals surface area contributed by atoms with Crippen LogP contribution in [0, 0.1) is 13.8 Å². The van der Waals surface area contributed by atoms with Crippen LogP contribution in [0.1, 0.15) is 27.2 Å². The van der Waals surface area contributed by atoms with Gasteiger partial charge in [0.1, 0.15) is 0 Å². The molecule has 5 nitrogen and oxygen atoms in total. The highest BCUT2D eigenvalue weighted by Crippen LogP contribution is 2.31. The lowest BCUT2D eigenvalue weighted by Crippen LogP contribution is -2.27. The van der Waals surface area contributed by atoms with Crippen molar-refractivity contribution in [1.29, 1.82) is 0 Å². The first-order valence-electron chi connectivity index (χ1n) is 8.80. The first-order valence-corrected chi connectivity index (χ1v) is 10.00. The van der Waals surface area contributed by atoms with E-state index in [1.165, 1.54) is 11.3 Å². The van der Waals surface area contributed by atoms with Crippen LogP contribution in [-0.4, -0.2) is 23.3 Å². The van der Waals surface area contributed by atoms with Crippen molar-refractivity contribution in [3.8, 4) is 11.3 Å². The maximum Gasteiger partial charge on any atom is 0.251 e. The summed E-state index contributed by atoms with van der Waals surface area (Å²) in [5.74, 6) is -0.382. The molecule has 1 heterocycles. The summed E-state index contributed by atoms with van der Waals surface area (Å²) >= 11 is 7.34. The third kappa shape index (κ3) is 5.18. The van der Waals surface area contributed by atoms with Crippen LogP contribution in [0.3, 0.4) is 0 Å². The number of aromatic nitrogens is 1. The number of nitrogens with zero attached hydrogens (tertiary/aromatic N) is 1. The summed E-state index contributed by atoms with van der Waals surface area (Å²) in [6.07, 6.45) is 0.173. The number of rotatable bonds is 6. The molecule has 0 bridgehead atoms. The minimum atomic E-state index is -0.194. The van der Waals surface area contributed by atoms with Crippen LogP contribution in [0.5, 0.6) is 0 Å². The molecule has 2 amide bonds. The summed E-state index contributed by atoms with van der Waals surface area (Å²) < 4.78 is 0. The van der Waals surface area contributed by atoms with E-state index in [1.54, 1.807) is 6.07 Å². The zero-order valence-electron chi connectivity index (χ0n) is 15.6. The van der Waals surface area contributed by atoms with Crippen LogP contribution >= 0.6 is 22.9 Å². The van der Waals surface area contributed by atoms with Gasteiger partial charge in [0, 0.05) is 34.0 Å². The number of carbonyl (C=O) groups excluding carboxylic acids is 2. The smallest absolute Gasteiger partial charge is 0.251 e. The summed E-state index contributed by atoms with van der Waals surface area (Å²) in [4.78, 5) is 29.8. The molecule has 0 saturated heterocycles. The molecule has 0 radical (unpaired) electrons. The second-order valence-electron chi connectivity index (χ2n) is 6.35. The van der Waals surface area contributed by atoms with E-state index in [0.29, 0.717) is 15.7 Å². The Hall–Kier alpha value is -2.70. The quantitative estimate of drug-likeness (QED) is 0.607. The van der Waals surface area contributed by atoms with Gasteiger partial charge in [0.2, 0.25) is 5.91 Å². The Kier molecular flexibility index (Phi) is 6.44. The molecule has 0 atom stereocenters. The molecule has 0 spiro atoms. The normalized spacial score (nSPS) is 10.5. The number of hydrogen-bond acceptors (Lipinski definition) is 4. The Morgan fingerprint density at radius 2 is 1.86 bits per heavy atom. The van der Waals surface area contributed by atoms with Crippen molar-refractivity contribution >= 4 is 39.9 Å². The predicted molar refractivity (Wildman–Crippen MR) is 114 cm³/mol. The van der Waals surface area contributed by atoms with Crippen LogP contribution in [0.4, 0.5) is 5.13 Å². The first-order chi connectivity index (χ1) is 13.4. The second kappa shape index (κ2) is 8.99. The van der Waals surface area contributed by atoms with Gasteiger partial charge in [-0.1, -0.05) is 41.4 Å². The largest absolute Gasteiger partial charge is 0.352 e. The summed E-state index contributed by atoms with van der Waals surface area (Å²) in [5, 5.41) is 6.76. The van der Waals surface area contributed by atoms with Gasteiger partial charge in [-0.2, -0.15) is 0 Å². The highest BCUT2D eigenvalue weighted by Gasteiger charge is 2.13. The molecule has 0 aliphatic carbocycles. The minimum Gasteiger partial charge on any atom is -0.352 e. The van der Waals surface area contributed by atoms with E-state index in [2.05, 4.69) is 15.6 Å². The Labute approximate surface area is 172 Å². The minimum absolute atomic E-state index is 0.173. The number of aryl methyl sites for hydroxylation is 2. The average Bonchev–Trinajstić information content (AvgIpc) is 3.02. The Morgan fingerprint density at radius 1 is 1.11 bits per heavy atom. The van der Waals surface area contributed by atoms with E-state index in [-0.39, 0.29) is 24.8 Å². The molecule has 0 aliphatic rings. The SMILES string of the molecule is Cc1cccc(C(=O)NCCC(=O)Nc2nc(-c3ccc(Cl)cc3)c(C)s2)c1. The molecule has 144 valence electrons. The lowest BCUT2D eigenvalue weighted by Gasteiger charge is -2.06. The summed E-state index contributed by atoms with van der Waals surface area (Å²) in [6.45, 7) is 4.14. The van der Waals surface area contributed by atoms with Crippen LogP contribution in [-0.2, 0) is 4.79 Å². The topological polar surface area (TPSA) is 71.1 Å². The van der Waals surface area contributed by atoms with Crippen LogP contribution in [0.15, 0.2) is 48.5 Å². The zero-order valence-corrected chi connectivity index (χ0v) is 17.2. The maximum atomic E-state index is 12.2. The highest BCUT2D eigenvalue weighted by atomic mass is 35.5. The van der Waals surface area contributed by atoms with Gasteiger partial charge in [0.25, 0.3) is 5.91 Å². The molecule has 2 N–H and O–H groups in total. The molecule has 0 unspecified atom stereocenters. The molecule has 3 aromatic rings. The molecule has 3 rings (SSSR count). The van der Waals surface area contributed by atoms with Crippen LogP contribution < -0.4 is 10.6 Å². The Morgan fingerprint density at radius 3 is 2.57 bits per heavy atom. The van der Waals surface area contributed by atoms with Crippen molar-refractivity contribution in [3.05, 3.63) is 69.6 Å². The number of carbonyl (C=O) groups is 2. The average molecular weight is 414 g/mol. The maximum absolute atomic E-state index is 12.2. The number of halogens is 1. The summed E-state index contributed by atoms with van der Waals surface area (Å²) in [7, 11) is 0. The lowest BCUT2D eigenvalue weighted by atomic mass is 10.1. The van der Waals surface area contributed by atoms with Crippen molar-refractivity contribution in [1.82, 2.24) is 10.3 Å².